The summed E-state index contributed by atoms with van der Waals surface area (Å²) in [4.78, 5) is 4.38. The van der Waals surface area contributed by atoms with Gasteiger partial charge in [0.25, 0.3) is 0 Å². The highest BCUT2D eigenvalue weighted by Crippen LogP contribution is 2.23. The molecule has 0 aliphatic rings. The van der Waals surface area contributed by atoms with Crippen molar-refractivity contribution >= 4 is 29.9 Å². The van der Waals surface area contributed by atoms with Gasteiger partial charge in [0.15, 0.2) is 5.96 Å². The molecular weight excluding hydrogens is 380 g/mol. The molecule has 120 valence electrons. The quantitative estimate of drug-likeness (QED) is 0.430. The molecule has 0 atom stereocenters. The van der Waals surface area contributed by atoms with Crippen LogP contribution in [0.2, 0.25) is 0 Å². The van der Waals surface area contributed by atoms with Crippen molar-refractivity contribution in [2.45, 2.75) is 39.5 Å². The largest absolute Gasteiger partial charge is 0.370 e. The van der Waals surface area contributed by atoms with Crippen molar-refractivity contribution in [1.29, 1.82) is 0 Å². The van der Waals surface area contributed by atoms with Crippen LogP contribution in [0.15, 0.2) is 29.3 Å². The summed E-state index contributed by atoms with van der Waals surface area (Å²) in [7, 11) is 0. The minimum absolute atomic E-state index is 0. The van der Waals surface area contributed by atoms with Gasteiger partial charge in [-0.3, -0.25) is 4.99 Å². The highest BCUT2D eigenvalue weighted by atomic mass is 127. The van der Waals surface area contributed by atoms with Gasteiger partial charge in [0.05, 0.1) is 6.54 Å². The Balaban J connectivity index is 0.00000400. The number of aliphatic imine (C=N–C) groups is 1. The molecule has 1 aromatic rings. The van der Waals surface area contributed by atoms with Crippen LogP contribution in [0, 0.1) is 11.7 Å². The van der Waals surface area contributed by atoms with E-state index in [9.17, 15) is 4.39 Å². The minimum atomic E-state index is -0.220. The normalized spacial score (nSPS) is 12.2. The number of nitrogens with one attached hydrogen (secondary N) is 1. The summed E-state index contributed by atoms with van der Waals surface area (Å²) < 4.78 is 12.9. The standard InChI is InChI=1S/C16H26FN3.HI/c1-12(2)9-10-19-15(18)20-11-16(3,4)13-5-7-14(17)8-6-13;/h5-8,12H,9-11H2,1-4H3,(H3,18,19,20);1H. The molecule has 0 bridgehead atoms. The Labute approximate surface area is 144 Å². The fourth-order valence-electron chi connectivity index (χ4n) is 1.82. The van der Waals surface area contributed by atoms with Gasteiger partial charge in [-0.05, 0) is 30.0 Å². The van der Waals surface area contributed by atoms with Gasteiger partial charge in [-0.15, -0.1) is 24.0 Å². The monoisotopic (exact) mass is 407 g/mol. The highest BCUT2D eigenvalue weighted by Gasteiger charge is 2.20. The van der Waals surface area contributed by atoms with Gasteiger partial charge in [-0.25, -0.2) is 4.39 Å². The van der Waals surface area contributed by atoms with Crippen LogP contribution in [-0.2, 0) is 5.41 Å². The van der Waals surface area contributed by atoms with Crippen LogP contribution >= 0.6 is 24.0 Å². The van der Waals surface area contributed by atoms with Crippen molar-refractivity contribution in [3.63, 3.8) is 0 Å². The smallest absolute Gasteiger partial charge is 0.188 e. The van der Waals surface area contributed by atoms with E-state index in [-0.39, 0.29) is 35.2 Å². The van der Waals surface area contributed by atoms with E-state index in [0.717, 1.165) is 18.5 Å². The van der Waals surface area contributed by atoms with E-state index >= 15 is 0 Å². The van der Waals surface area contributed by atoms with Gasteiger partial charge >= 0.3 is 0 Å². The molecule has 0 amide bonds. The Kier molecular flexibility index (Phi) is 8.85. The second kappa shape index (κ2) is 9.23. The van der Waals surface area contributed by atoms with Crippen molar-refractivity contribution in [3.05, 3.63) is 35.6 Å². The summed E-state index contributed by atoms with van der Waals surface area (Å²) in [5.41, 5.74) is 6.73. The zero-order valence-corrected chi connectivity index (χ0v) is 15.6. The third-order valence-electron chi connectivity index (χ3n) is 3.30. The number of benzene rings is 1. The lowest BCUT2D eigenvalue weighted by molar-refractivity contribution is 0.534. The summed E-state index contributed by atoms with van der Waals surface area (Å²) in [5, 5.41) is 3.11. The third-order valence-corrected chi connectivity index (χ3v) is 3.30. The van der Waals surface area contributed by atoms with Crippen LogP contribution in [0.4, 0.5) is 4.39 Å². The molecule has 1 rings (SSSR count). The lowest BCUT2D eigenvalue weighted by Gasteiger charge is -2.23. The maximum atomic E-state index is 12.9. The van der Waals surface area contributed by atoms with Crippen LogP contribution in [0.3, 0.4) is 0 Å². The molecule has 3 nitrogen and oxygen atoms in total. The second-order valence-electron chi connectivity index (χ2n) is 6.20. The number of guanidine groups is 1. The first-order valence-corrected chi connectivity index (χ1v) is 7.11. The van der Waals surface area contributed by atoms with Crippen molar-refractivity contribution in [3.8, 4) is 0 Å². The number of hydrogen-bond donors (Lipinski definition) is 2. The lowest BCUT2D eigenvalue weighted by Crippen LogP contribution is -2.34. The van der Waals surface area contributed by atoms with E-state index in [1.54, 1.807) is 12.1 Å². The van der Waals surface area contributed by atoms with Crippen LogP contribution in [0.1, 0.15) is 39.7 Å². The zero-order chi connectivity index (χ0) is 15.2. The minimum Gasteiger partial charge on any atom is -0.370 e. The first-order chi connectivity index (χ1) is 9.31. The van der Waals surface area contributed by atoms with E-state index in [1.807, 2.05) is 0 Å². The average Bonchev–Trinajstić information content (AvgIpc) is 2.36. The van der Waals surface area contributed by atoms with Gasteiger partial charge in [0, 0.05) is 12.0 Å². The fourth-order valence-corrected chi connectivity index (χ4v) is 1.82. The van der Waals surface area contributed by atoms with Gasteiger partial charge in [0.1, 0.15) is 5.82 Å². The Morgan fingerprint density at radius 1 is 1.29 bits per heavy atom. The summed E-state index contributed by atoms with van der Waals surface area (Å²) in [6.45, 7) is 9.90. The Morgan fingerprint density at radius 3 is 2.38 bits per heavy atom. The summed E-state index contributed by atoms with van der Waals surface area (Å²) in [6, 6.07) is 6.55. The number of nitrogens with zero attached hydrogens (tertiary/aromatic N) is 1. The van der Waals surface area contributed by atoms with Gasteiger partial charge < -0.3 is 11.1 Å². The van der Waals surface area contributed by atoms with Gasteiger partial charge in [-0.2, -0.15) is 0 Å². The number of halogens is 2. The molecule has 0 fully saturated rings. The highest BCUT2D eigenvalue weighted by molar-refractivity contribution is 14.0. The molecule has 0 radical (unpaired) electrons. The molecule has 0 heterocycles. The number of nitrogens with two attached hydrogens (primary N) is 1. The molecule has 0 aromatic heterocycles. The fraction of sp³-hybridized carbons (Fsp3) is 0.562. The lowest BCUT2D eigenvalue weighted by atomic mass is 9.85. The van der Waals surface area contributed by atoms with E-state index in [2.05, 4.69) is 38.0 Å². The number of rotatable bonds is 6. The molecule has 1 aromatic carbocycles. The average molecular weight is 407 g/mol. The molecule has 21 heavy (non-hydrogen) atoms. The van der Waals surface area contributed by atoms with Crippen molar-refractivity contribution < 1.29 is 4.39 Å². The second-order valence-corrected chi connectivity index (χ2v) is 6.20. The summed E-state index contributed by atoms with van der Waals surface area (Å²) in [5.74, 6) is 0.898. The van der Waals surface area contributed by atoms with Crippen molar-refractivity contribution in [1.82, 2.24) is 5.32 Å². The third kappa shape index (κ3) is 7.64. The molecule has 0 spiro atoms. The molecule has 0 aliphatic heterocycles. The SMILES string of the molecule is CC(C)CCNC(N)=NCC(C)(C)c1ccc(F)cc1.I. The molecule has 0 unspecified atom stereocenters. The summed E-state index contributed by atoms with van der Waals surface area (Å²) >= 11 is 0. The predicted octanol–water partition coefficient (Wildman–Crippen LogP) is 3.67. The van der Waals surface area contributed by atoms with Gasteiger partial charge in [0.2, 0.25) is 0 Å². The Bertz CT molecular complexity index is 441. The zero-order valence-electron chi connectivity index (χ0n) is 13.3. The van der Waals surface area contributed by atoms with Crippen molar-refractivity contribution in [2.75, 3.05) is 13.1 Å². The van der Waals surface area contributed by atoms with E-state index < -0.39 is 0 Å². The first kappa shape index (κ1) is 20.1. The van der Waals surface area contributed by atoms with E-state index in [0.29, 0.717) is 18.4 Å². The predicted molar refractivity (Wildman–Crippen MR) is 98.8 cm³/mol. The topological polar surface area (TPSA) is 50.4 Å². The molecule has 0 aliphatic carbocycles. The van der Waals surface area contributed by atoms with E-state index in [1.165, 1.54) is 12.1 Å². The molecule has 3 N–H and O–H groups in total. The Morgan fingerprint density at radius 2 is 1.86 bits per heavy atom. The molecular formula is C16H27FIN3. The molecule has 0 saturated carbocycles. The molecule has 0 saturated heterocycles. The summed E-state index contributed by atoms with van der Waals surface area (Å²) in [6.07, 6.45) is 1.07. The number of hydrogen-bond acceptors (Lipinski definition) is 1. The molecule has 5 heteroatoms. The van der Waals surface area contributed by atoms with Crippen LogP contribution in [0.5, 0.6) is 0 Å². The van der Waals surface area contributed by atoms with Crippen LogP contribution < -0.4 is 11.1 Å². The van der Waals surface area contributed by atoms with Crippen LogP contribution in [0.25, 0.3) is 0 Å². The van der Waals surface area contributed by atoms with E-state index in [4.69, 9.17) is 5.73 Å². The van der Waals surface area contributed by atoms with Crippen molar-refractivity contribution in [2.24, 2.45) is 16.6 Å². The maximum absolute atomic E-state index is 12.9. The Hall–Kier alpha value is -0.850. The first-order valence-electron chi connectivity index (χ1n) is 7.11. The maximum Gasteiger partial charge on any atom is 0.188 e. The van der Waals surface area contributed by atoms with Crippen LogP contribution in [-0.4, -0.2) is 19.0 Å². The van der Waals surface area contributed by atoms with Gasteiger partial charge in [-0.1, -0.05) is 39.8 Å².